The van der Waals surface area contributed by atoms with E-state index in [1.54, 1.807) is 0 Å². The van der Waals surface area contributed by atoms with Crippen molar-refractivity contribution < 1.29 is 9.90 Å². The van der Waals surface area contributed by atoms with Crippen LogP contribution in [0.25, 0.3) is 0 Å². The zero-order valence-corrected chi connectivity index (χ0v) is 10.2. The van der Waals surface area contributed by atoms with Crippen molar-refractivity contribution in [2.24, 2.45) is 0 Å². The number of rotatable bonds is 4. The monoisotopic (exact) mass is 233 g/mol. The number of carboxylic acid groups (broad SMARTS) is 1. The highest BCUT2D eigenvalue weighted by Crippen LogP contribution is 2.16. The van der Waals surface area contributed by atoms with Crippen LogP contribution in [0.2, 0.25) is 0 Å². The molecule has 0 amide bonds. The van der Waals surface area contributed by atoms with Crippen molar-refractivity contribution in [3.05, 3.63) is 35.4 Å². The topological polar surface area (TPSA) is 40.5 Å². The standard InChI is InChI=1S/C14H19NO2/c1-11-5-4-6-12(9-11)10-13(14(16)17)15-7-2-3-8-15/h4-6,9,13H,2-3,7-8,10H2,1H3,(H,16,17). The van der Waals surface area contributed by atoms with Gasteiger partial charge in [0.25, 0.3) is 0 Å². The Morgan fingerprint density at radius 3 is 2.71 bits per heavy atom. The molecule has 1 fully saturated rings. The molecule has 2 rings (SSSR count). The van der Waals surface area contributed by atoms with Crippen LogP contribution in [0, 0.1) is 6.92 Å². The molecule has 1 saturated heterocycles. The Morgan fingerprint density at radius 1 is 1.41 bits per heavy atom. The fourth-order valence-corrected chi connectivity index (χ4v) is 2.49. The molecule has 3 heteroatoms. The molecule has 0 aromatic heterocycles. The van der Waals surface area contributed by atoms with Gasteiger partial charge in [-0.25, -0.2) is 0 Å². The maximum absolute atomic E-state index is 11.3. The first-order chi connectivity index (χ1) is 8.16. The Morgan fingerprint density at radius 2 is 2.12 bits per heavy atom. The Bertz CT molecular complexity index is 397. The zero-order valence-electron chi connectivity index (χ0n) is 10.2. The smallest absolute Gasteiger partial charge is 0.321 e. The Balaban J connectivity index is 2.09. The first-order valence-electron chi connectivity index (χ1n) is 6.19. The minimum Gasteiger partial charge on any atom is -0.480 e. The first-order valence-corrected chi connectivity index (χ1v) is 6.19. The molecule has 1 N–H and O–H groups in total. The number of carbonyl (C=O) groups is 1. The second-order valence-electron chi connectivity index (χ2n) is 4.79. The van der Waals surface area contributed by atoms with Gasteiger partial charge in [-0.3, -0.25) is 9.69 Å². The molecule has 0 aliphatic carbocycles. The summed E-state index contributed by atoms with van der Waals surface area (Å²) in [6, 6.07) is 7.76. The highest BCUT2D eigenvalue weighted by molar-refractivity contribution is 5.74. The second kappa shape index (κ2) is 5.32. The number of aryl methyl sites for hydroxylation is 1. The molecular formula is C14H19NO2. The maximum atomic E-state index is 11.3. The quantitative estimate of drug-likeness (QED) is 0.865. The number of hydrogen-bond acceptors (Lipinski definition) is 2. The van der Waals surface area contributed by atoms with Gasteiger partial charge in [-0.15, -0.1) is 0 Å². The summed E-state index contributed by atoms with van der Waals surface area (Å²) in [5.74, 6) is -0.701. The van der Waals surface area contributed by atoms with Gasteiger partial charge < -0.3 is 5.11 Å². The molecule has 1 aromatic rings. The van der Waals surface area contributed by atoms with Crippen LogP contribution in [-0.4, -0.2) is 35.1 Å². The number of hydrogen-bond donors (Lipinski definition) is 1. The predicted molar refractivity (Wildman–Crippen MR) is 67.1 cm³/mol. The van der Waals surface area contributed by atoms with Gasteiger partial charge in [0.2, 0.25) is 0 Å². The van der Waals surface area contributed by atoms with Crippen molar-refractivity contribution in [2.75, 3.05) is 13.1 Å². The lowest BCUT2D eigenvalue weighted by atomic mass is 10.0. The number of aliphatic carboxylic acids is 1. The molecule has 92 valence electrons. The molecule has 1 unspecified atom stereocenters. The van der Waals surface area contributed by atoms with Gasteiger partial charge in [-0.2, -0.15) is 0 Å². The van der Waals surface area contributed by atoms with Crippen molar-refractivity contribution in [3.63, 3.8) is 0 Å². The molecule has 0 radical (unpaired) electrons. The molecule has 1 aliphatic rings. The van der Waals surface area contributed by atoms with E-state index in [1.165, 1.54) is 5.56 Å². The number of nitrogens with zero attached hydrogens (tertiary/aromatic N) is 1. The fraction of sp³-hybridized carbons (Fsp3) is 0.500. The second-order valence-corrected chi connectivity index (χ2v) is 4.79. The van der Waals surface area contributed by atoms with E-state index in [-0.39, 0.29) is 6.04 Å². The maximum Gasteiger partial charge on any atom is 0.321 e. The summed E-state index contributed by atoms with van der Waals surface area (Å²) >= 11 is 0. The molecule has 1 aromatic carbocycles. The van der Waals surface area contributed by atoms with Crippen LogP contribution < -0.4 is 0 Å². The largest absolute Gasteiger partial charge is 0.480 e. The van der Waals surface area contributed by atoms with Crippen molar-refractivity contribution in [1.82, 2.24) is 4.90 Å². The Hall–Kier alpha value is -1.35. The van der Waals surface area contributed by atoms with Crippen molar-refractivity contribution in [2.45, 2.75) is 32.2 Å². The van der Waals surface area contributed by atoms with E-state index >= 15 is 0 Å². The number of carboxylic acids is 1. The van der Waals surface area contributed by atoms with Crippen LogP contribution in [0.1, 0.15) is 24.0 Å². The lowest BCUT2D eigenvalue weighted by molar-refractivity contribution is -0.142. The highest BCUT2D eigenvalue weighted by atomic mass is 16.4. The summed E-state index contributed by atoms with van der Waals surface area (Å²) in [6.07, 6.45) is 2.85. The van der Waals surface area contributed by atoms with Crippen molar-refractivity contribution in [1.29, 1.82) is 0 Å². The number of benzene rings is 1. The average molecular weight is 233 g/mol. The normalized spacial score (nSPS) is 18.2. The van der Waals surface area contributed by atoms with E-state index in [9.17, 15) is 9.90 Å². The highest BCUT2D eigenvalue weighted by Gasteiger charge is 2.27. The minimum absolute atomic E-state index is 0.362. The van der Waals surface area contributed by atoms with E-state index in [4.69, 9.17) is 0 Å². The first kappa shape index (κ1) is 12.1. The SMILES string of the molecule is Cc1cccc(CC(C(=O)O)N2CCCC2)c1. The summed E-state index contributed by atoms with van der Waals surface area (Å²) in [5, 5.41) is 9.32. The molecule has 1 heterocycles. The van der Waals surface area contributed by atoms with Crippen molar-refractivity contribution >= 4 is 5.97 Å². The molecule has 1 atom stereocenters. The van der Waals surface area contributed by atoms with Gasteiger partial charge in [0.05, 0.1) is 0 Å². The van der Waals surface area contributed by atoms with Gasteiger partial charge >= 0.3 is 5.97 Å². The van der Waals surface area contributed by atoms with Gasteiger partial charge in [-0.05, 0) is 44.8 Å². The third-order valence-electron chi connectivity index (χ3n) is 3.38. The third kappa shape index (κ3) is 3.07. The van der Waals surface area contributed by atoms with Gasteiger partial charge in [0.15, 0.2) is 0 Å². The predicted octanol–water partition coefficient (Wildman–Crippen LogP) is 2.09. The lowest BCUT2D eigenvalue weighted by Gasteiger charge is -2.23. The molecule has 0 saturated carbocycles. The van der Waals surface area contributed by atoms with Crippen LogP contribution >= 0.6 is 0 Å². The van der Waals surface area contributed by atoms with E-state index in [0.717, 1.165) is 31.5 Å². The minimum atomic E-state index is -0.701. The molecule has 17 heavy (non-hydrogen) atoms. The zero-order chi connectivity index (χ0) is 12.3. The molecule has 1 aliphatic heterocycles. The fourth-order valence-electron chi connectivity index (χ4n) is 2.49. The van der Waals surface area contributed by atoms with Crippen LogP contribution in [0.4, 0.5) is 0 Å². The molecule has 0 bridgehead atoms. The Kier molecular flexibility index (Phi) is 3.79. The summed E-state index contributed by atoms with van der Waals surface area (Å²) in [4.78, 5) is 13.4. The number of likely N-dealkylation sites (tertiary alicyclic amines) is 1. The molecule has 0 spiro atoms. The van der Waals surface area contributed by atoms with E-state index in [0.29, 0.717) is 6.42 Å². The van der Waals surface area contributed by atoms with Crippen LogP contribution in [0.5, 0.6) is 0 Å². The van der Waals surface area contributed by atoms with E-state index < -0.39 is 5.97 Å². The van der Waals surface area contributed by atoms with Crippen molar-refractivity contribution in [3.8, 4) is 0 Å². The van der Waals surface area contributed by atoms with Gasteiger partial charge in [0.1, 0.15) is 6.04 Å². The lowest BCUT2D eigenvalue weighted by Crippen LogP contribution is -2.40. The average Bonchev–Trinajstić information content (AvgIpc) is 2.78. The van der Waals surface area contributed by atoms with Crippen LogP contribution in [0.3, 0.4) is 0 Å². The van der Waals surface area contributed by atoms with E-state index in [2.05, 4.69) is 11.0 Å². The summed E-state index contributed by atoms with van der Waals surface area (Å²) in [6.45, 7) is 3.88. The Labute approximate surface area is 102 Å². The third-order valence-corrected chi connectivity index (χ3v) is 3.38. The van der Waals surface area contributed by atoms with Crippen LogP contribution in [-0.2, 0) is 11.2 Å². The summed E-state index contributed by atoms with van der Waals surface area (Å²) in [7, 11) is 0. The molecular weight excluding hydrogens is 214 g/mol. The van der Waals surface area contributed by atoms with Gasteiger partial charge in [-0.1, -0.05) is 29.8 Å². The van der Waals surface area contributed by atoms with E-state index in [1.807, 2.05) is 25.1 Å². The van der Waals surface area contributed by atoms with Gasteiger partial charge in [0, 0.05) is 0 Å². The summed E-state index contributed by atoms with van der Waals surface area (Å²) < 4.78 is 0. The molecule has 3 nitrogen and oxygen atoms in total. The summed E-state index contributed by atoms with van der Waals surface area (Å²) in [5.41, 5.74) is 2.30. The van der Waals surface area contributed by atoms with Crippen LogP contribution in [0.15, 0.2) is 24.3 Å².